The van der Waals surface area contributed by atoms with E-state index in [1.807, 2.05) is 6.92 Å². The lowest BCUT2D eigenvalue weighted by Gasteiger charge is -2.14. The van der Waals surface area contributed by atoms with Crippen LogP contribution in [0, 0.1) is 0 Å². The average Bonchev–Trinajstić information content (AvgIpc) is 2.42. The number of rotatable bonds is 4. The first-order valence-corrected chi connectivity index (χ1v) is 5.81. The summed E-state index contributed by atoms with van der Waals surface area (Å²) < 4.78 is 0. The van der Waals surface area contributed by atoms with Crippen molar-refractivity contribution in [2.45, 2.75) is 51.5 Å². The van der Waals surface area contributed by atoms with Crippen LogP contribution in [-0.2, 0) is 9.59 Å². The van der Waals surface area contributed by atoms with Crippen LogP contribution in [0.3, 0.4) is 0 Å². The molecule has 15 heavy (non-hydrogen) atoms. The van der Waals surface area contributed by atoms with E-state index >= 15 is 0 Å². The Labute approximate surface area is 90.8 Å². The van der Waals surface area contributed by atoms with Crippen molar-refractivity contribution in [1.82, 2.24) is 10.6 Å². The smallest absolute Gasteiger partial charge is 0.242 e. The molecule has 0 aromatic carbocycles. The van der Waals surface area contributed by atoms with Crippen molar-refractivity contribution < 1.29 is 9.59 Å². The van der Waals surface area contributed by atoms with E-state index in [2.05, 4.69) is 10.6 Å². The number of carbonyl (C=O) groups is 2. The van der Waals surface area contributed by atoms with Gasteiger partial charge in [-0.05, 0) is 25.7 Å². The topological polar surface area (TPSA) is 58.2 Å². The van der Waals surface area contributed by atoms with Crippen LogP contribution in [0.15, 0.2) is 0 Å². The van der Waals surface area contributed by atoms with Crippen LogP contribution >= 0.6 is 0 Å². The number of carbonyl (C=O) groups excluding carboxylic acids is 2. The lowest BCUT2D eigenvalue weighted by atomic mass is 10.1. The molecule has 1 aliphatic heterocycles. The molecule has 2 N–H and O–H groups in total. The molecule has 1 saturated heterocycles. The molecule has 0 saturated carbocycles. The minimum absolute atomic E-state index is 0.00102. The molecule has 1 rings (SSSR count). The van der Waals surface area contributed by atoms with E-state index in [1.54, 1.807) is 0 Å². The minimum Gasteiger partial charge on any atom is -0.354 e. The quantitative estimate of drug-likeness (QED) is 0.729. The molecule has 1 atom stereocenters. The predicted molar refractivity (Wildman–Crippen MR) is 58.3 cm³/mol. The predicted octanol–water partition coefficient (Wildman–Crippen LogP) is 0.961. The molecule has 4 heteroatoms. The van der Waals surface area contributed by atoms with Crippen LogP contribution < -0.4 is 10.6 Å². The van der Waals surface area contributed by atoms with Gasteiger partial charge in [-0.2, -0.15) is 0 Å². The fraction of sp³-hybridized carbons (Fsp3) is 0.818. The van der Waals surface area contributed by atoms with E-state index in [1.165, 1.54) is 0 Å². The Balaban J connectivity index is 2.34. The highest BCUT2D eigenvalue weighted by Crippen LogP contribution is 2.06. The Morgan fingerprint density at radius 3 is 3.07 bits per heavy atom. The van der Waals surface area contributed by atoms with E-state index < -0.39 is 0 Å². The maximum atomic E-state index is 11.5. The molecular weight excluding hydrogens is 192 g/mol. The van der Waals surface area contributed by atoms with Gasteiger partial charge in [0.1, 0.15) is 6.04 Å². The second-order valence-corrected chi connectivity index (χ2v) is 4.01. The van der Waals surface area contributed by atoms with E-state index in [0.29, 0.717) is 6.42 Å². The maximum Gasteiger partial charge on any atom is 0.242 e. The fourth-order valence-electron chi connectivity index (χ4n) is 1.68. The summed E-state index contributed by atoms with van der Waals surface area (Å²) in [7, 11) is 0. The minimum atomic E-state index is -0.308. The van der Waals surface area contributed by atoms with Gasteiger partial charge < -0.3 is 10.6 Å². The molecule has 0 aliphatic carbocycles. The van der Waals surface area contributed by atoms with Gasteiger partial charge in [0.15, 0.2) is 0 Å². The zero-order chi connectivity index (χ0) is 11.1. The Kier molecular flexibility index (Phi) is 5.15. The molecule has 0 radical (unpaired) electrons. The molecule has 1 unspecified atom stereocenters. The summed E-state index contributed by atoms with van der Waals surface area (Å²) in [5, 5.41) is 5.59. The summed E-state index contributed by atoms with van der Waals surface area (Å²) in [6.07, 6.45) is 5.19. The largest absolute Gasteiger partial charge is 0.354 e. The number of hydrogen-bond acceptors (Lipinski definition) is 2. The van der Waals surface area contributed by atoms with Crippen molar-refractivity contribution in [3.63, 3.8) is 0 Å². The molecule has 0 aromatic heterocycles. The summed E-state index contributed by atoms with van der Waals surface area (Å²) in [6.45, 7) is 2.78. The number of unbranched alkanes of at least 4 members (excludes halogenated alkanes) is 1. The van der Waals surface area contributed by atoms with Gasteiger partial charge in [-0.3, -0.25) is 9.59 Å². The third-order valence-corrected chi connectivity index (χ3v) is 2.63. The number of amides is 2. The van der Waals surface area contributed by atoms with Crippen LogP contribution in [-0.4, -0.2) is 24.4 Å². The Morgan fingerprint density at radius 1 is 1.53 bits per heavy atom. The first kappa shape index (κ1) is 12.0. The molecule has 0 spiro atoms. The maximum absolute atomic E-state index is 11.5. The van der Waals surface area contributed by atoms with Gasteiger partial charge in [-0.1, -0.05) is 13.3 Å². The number of hydrogen-bond donors (Lipinski definition) is 2. The molecule has 4 nitrogen and oxygen atoms in total. The number of nitrogens with one attached hydrogen (secondary N) is 2. The molecule has 1 aliphatic rings. The van der Waals surface area contributed by atoms with Gasteiger partial charge in [-0.15, -0.1) is 0 Å². The highest BCUT2D eigenvalue weighted by atomic mass is 16.2. The third-order valence-electron chi connectivity index (χ3n) is 2.63. The third kappa shape index (κ3) is 4.32. The fourth-order valence-corrected chi connectivity index (χ4v) is 1.68. The molecule has 1 heterocycles. The zero-order valence-electron chi connectivity index (χ0n) is 9.34. The highest BCUT2D eigenvalue weighted by Gasteiger charge is 2.21. The lowest BCUT2D eigenvalue weighted by molar-refractivity contribution is -0.128. The van der Waals surface area contributed by atoms with Crippen LogP contribution in [0.1, 0.15) is 45.4 Å². The van der Waals surface area contributed by atoms with E-state index in [4.69, 9.17) is 0 Å². The molecule has 2 amide bonds. The van der Waals surface area contributed by atoms with E-state index in [-0.39, 0.29) is 17.9 Å². The molecule has 0 bridgehead atoms. The monoisotopic (exact) mass is 212 g/mol. The van der Waals surface area contributed by atoms with Crippen LogP contribution in [0.5, 0.6) is 0 Å². The van der Waals surface area contributed by atoms with Crippen molar-refractivity contribution in [3.05, 3.63) is 0 Å². The van der Waals surface area contributed by atoms with Gasteiger partial charge >= 0.3 is 0 Å². The van der Waals surface area contributed by atoms with Crippen molar-refractivity contribution in [2.75, 3.05) is 6.54 Å². The van der Waals surface area contributed by atoms with Gasteiger partial charge in [0.2, 0.25) is 11.8 Å². The van der Waals surface area contributed by atoms with Crippen molar-refractivity contribution in [1.29, 1.82) is 0 Å². The molecule has 1 fully saturated rings. The Bertz CT molecular complexity index is 229. The molecule has 86 valence electrons. The van der Waals surface area contributed by atoms with Gasteiger partial charge in [0.05, 0.1) is 0 Å². The summed E-state index contributed by atoms with van der Waals surface area (Å²) in [6, 6.07) is -0.308. The van der Waals surface area contributed by atoms with Crippen molar-refractivity contribution >= 4 is 11.8 Å². The van der Waals surface area contributed by atoms with Gasteiger partial charge in [-0.25, -0.2) is 0 Å². The summed E-state index contributed by atoms with van der Waals surface area (Å²) in [4.78, 5) is 22.9. The first-order valence-electron chi connectivity index (χ1n) is 5.81. The highest BCUT2D eigenvalue weighted by molar-refractivity contribution is 5.87. The van der Waals surface area contributed by atoms with Gasteiger partial charge in [0.25, 0.3) is 0 Å². The van der Waals surface area contributed by atoms with E-state index in [9.17, 15) is 9.59 Å². The normalized spacial score (nSPS) is 21.7. The molecular formula is C11H20N2O2. The van der Waals surface area contributed by atoms with Gasteiger partial charge in [0, 0.05) is 13.0 Å². The average molecular weight is 212 g/mol. The molecule has 0 aromatic rings. The summed E-state index contributed by atoms with van der Waals surface area (Å²) in [5.74, 6) is -0.0313. The Hall–Kier alpha value is -1.06. The first-order chi connectivity index (χ1) is 7.24. The SMILES string of the molecule is CCCCC(=O)NC1CCCCNC1=O. The van der Waals surface area contributed by atoms with Crippen LogP contribution in [0.4, 0.5) is 0 Å². The van der Waals surface area contributed by atoms with Crippen molar-refractivity contribution in [3.8, 4) is 0 Å². The lowest BCUT2D eigenvalue weighted by Crippen LogP contribution is -2.45. The van der Waals surface area contributed by atoms with E-state index in [0.717, 1.165) is 38.6 Å². The zero-order valence-corrected chi connectivity index (χ0v) is 9.34. The second-order valence-electron chi connectivity index (χ2n) is 4.01. The standard InChI is InChI=1S/C11H20N2O2/c1-2-3-7-10(14)13-9-6-4-5-8-12-11(9)15/h9H,2-8H2,1H3,(H,12,15)(H,13,14). The second kappa shape index (κ2) is 6.43. The summed E-state index contributed by atoms with van der Waals surface area (Å²) in [5.41, 5.74) is 0. The van der Waals surface area contributed by atoms with Crippen LogP contribution in [0.2, 0.25) is 0 Å². The summed E-state index contributed by atoms with van der Waals surface area (Å²) >= 11 is 0. The van der Waals surface area contributed by atoms with Crippen molar-refractivity contribution in [2.24, 2.45) is 0 Å². The Morgan fingerprint density at radius 2 is 2.33 bits per heavy atom. The van der Waals surface area contributed by atoms with Crippen LogP contribution in [0.25, 0.3) is 0 Å².